The van der Waals surface area contributed by atoms with Gasteiger partial charge in [0.05, 0.1) is 17.7 Å². The molecule has 0 bridgehead atoms. The number of aryl methyl sites for hydroxylation is 1. The lowest BCUT2D eigenvalue weighted by Gasteiger charge is -2.14. The average molecular weight is 214 g/mol. The van der Waals surface area contributed by atoms with Crippen molar-refractivity contribution in [3.8, 4) is 0 Å². The van der Waals surface area contributed by atoms with E-state index in [0.29, 0.717) is 6.54 Å². The first-order chi connectivity index (χ1) is 6.63. The highest BCUT2D eigenvalue weighted by Gasteiger charge is 2.08. The van der Waals surface area contributed by atoms with Crippen molar-refractivity contribution in [2.45, 2.75) is 13.5 Å². The van der Waals surface area contributed by atoms with Gasteiger partial charge in [-0.1, -0.05) is 0 Å². The van der Waals surface area contributed by atoms with Crippen LogP contribution >= 0.6 is 11.3 Å². The number of hydrogen-bond donors (Lipinski definition) is 2. The van der Waals surface area contributed by atoms with Crippen molar-refractivity contribution in [2.75, 3.05) is 13.6 Å². The number of nitrogens with one attached hydrogen (secondary N) is 1. The van der Waals surface area contributed by atoms with Gasteiger partial charge in [-0.3, -0.25) is 15.1 Å². The Hall–Kier alpha value is -0.980. The maximum atomic E-state index is 10.9. The summed E-state index contributed by atoms with van der Waals surface area (Å²) < 4.78 is 0. The number of hydrazine groups is 1. The van der Waals surface area contributed by atoms with Crippen LogP contribution in [0.15, 0.2) is 5.51 Å². The molecular weight excluding hydrogens is 200 g/mol. The largest absolute Gasteiger partial charge is 0.293 e. The number of likely N-dealkylation sites (N-methyl/N-ethyl adjacent to an activating group) is 1. The second kappa shape index (κ2) is 5.04. The number of carbonyl (C=O) groups excluding carboxylic acids is 1. The van der Waals surface area contributed by atoms with Crippen LogP contribution in [0.25, 0.3) is 0 Å². The third-order valence-electron chi connectivity index (χ3n) is 1.83. The van der Waals surface area contributed by atoms with Crippen LogP contribution in [0.3, 0.4) is 0 Å². The molecule has 0 saturated heterocycles. The Balaban J connectivity index is 2.45. The van der Waals surface area contributed by atoms with Gasteiger partial charge in [0, 0.05) is 11.4 Å². The van der Waals surface area contributed by atoms with Gasteiger partial charge in [0.15, 0.2) is 0 Å². The number of amides is 1. The van der Waals surface area contributed by atoms with E-state index in [9.17, 15) is 4.79 Å². The Morgan fingerprint density at radius 1 is 1.79 bits per heavy atom. The van der Waals surface area contributed by atoms with Crippen LogP contribution in [-0.2, 0) is 11.3 Å². The maximum absolute atomic E-state index is 10.9. The fourth-order valence-corrected chi connectivity index (χ4v) is 1.93. The number of aromatic nitrogens is 1. The number of hydrogen-bond acceptors (Lipinski definition) is 5. The van der Waals surface area contributed by atoms with E-state index in [1.54, 1.807) is 11.3 Å². The van der Waals surface area contributed by atoms with E-state index in [-0.39, 0.29) is 5.91 Å². The molecule has 0 aliphatic rings. The zero-order valence-corrected chi connectivity index (χ0v) is 9.10. The number of carbonyl (C=O) groups is 1. The molecule has 0 radical (unpaired) electrons. The zero-order chi connectivity index (χ0) is 10.6. The highest BCUT2D eigenvalue weighted by molar-refractivity contribution is 7.09. The van der Waals surface area contributed by atoms with Crippen LogP contribution in [0, 0.1) is 6.92 Å². The summed E-state index contributed by atoms with van der Waals surface area (Å²) in [6.45, 7) is 2.99. The lowest BCUT2D eigenvalue weighted by atomic mass is 10.3. The lowest BCUT2D eigenvalue weighted by molar-refractivity contribution is -0.122. The molecular formula is C8H14N4OS. The van der Waals surface area contributed by atoms with Crippen LogP contribution in [0.4, 0.5) is 0 Å². The van der Waals surface area contributed by atoms with Crippen LogP contribution in [0.1, 0.15) is 10.6 Å². The van der Waals surface area contributed by atoms with Crippen molar-refractivity contribution in [1.82, 2.24) is 15.3 Å². The Kier molecular flexibility index (Phi) is 3.99. The molecule has 0 aliphatic carbocycles. The topological polar surface area (TPSA) is 71.2 Å². The molecule has 0 aliphatic heterocycles. The first-order valence-corrected chi connectivity index (χ1v) is 5.08. The van der Waals surface area contributed by atoms with E-state index in [0.717, 1.165) is 12.2 Å². The molecule has 0 saturated carbocycles. The molecule has 0 fully saturated rings. The predicted octanol–water partition coefficient (Wildman–Crippen LogP) is -0.127. The van der Waals surface area contributed by atoms with Gasteiger partial charge in [-0.2, -0.15) is 0 Å². The Bertz CT molecular complexity index is 312. The highest BCUT2D eigenvalue weighted by Crippen LogP contribution is 2.13. The third kappa shape index (κ3) is 3.06. The summed E-state index contributed by atoms with van der Waals surface area (Å²) in [6, 6.07) is 0. The van der Waals surface area contributed by atoms with Crippen molar-refractivity contribution in [3.63, 3.8) is 0 Å². The monoisotopic (exact) mass is 214 g/mol. The van der Waals surface area contributed by atoms with E-state index < -0.39 is 0 Å². The van der Waals surface area contributed by atoms with Gasteiger partial charge in [-0.15, -0.1) is 11.3 Å². The predicted molar refractivity (Wildman–Crippen MR) is 55.5 cm³/mol. The molecule has 1 amide bonds. The minimum atomic E-state index is -0.185. The molecule has 5 nitrogen and oxygen atoms in total. The van der Waals surface area contributed by atoms with Gasteiger partial charge in [-0.25, -0.2) is 10.8 Å². The number of nitrogens with two attached hydrogens (primary N) is 1. The molecule has 0 atom stereocenters. The van der Waals surface area contributed by atoms with E-state index in [1.807, 2.05) is 24.4 Å². The summed E-state index contributed by atoms with van der Waals surface area (Å²) >= 11 is 1.60. The zero-order valence-electron chi connectivity index (χ0n) is 8.28. The second-order valence-corrected chi connectivity index (χ2v) is 4.04. The first-order valence-electron chi connectivity index (χ1n) is 4.20. The quantitative estimate of drug-likeness (QED) is 0.416. The highest BCUT2D eigenvalue weighted by atomic mass is 32.1. The van der Waals surface area contributed by atoms with Crippen LogP contribution < -0.4 is 11.3 Å². The molecule has 1 aromatic heterocycles. The minimum Gasteiger partial charge on any atom is -0.293 e. The molecule has 1 aromatic rings. The van der Waals surface area contributed by atoms with E-state index >= 15 is 0 Å². The summed E-state index contributed by atoms with van der Waals surface area (Å²) in [7, 11) is 1.87. The smallest absolute Gasteiger partial charge is 0.248 e. The van der Waals surface area contributed by atoms with Gasteiger partial charge in [0.25, 0.3) is 0 Å². The summed E-state index contributed by atoms with van der Waals surface area (Å²) in [5, 5.41) is 0. The molecule has 0 unspecified atom stereocenters. The summed E-state index contributed by atoms with van der Waals surface area (Å²) in [5.41, 5.74) is 4.93. The van der Waals surface area contributed by atoms with Crippen molar-refractivity contribution >= 4 is 17.2 Å². The molecule has 0 aromatic carbocycles. The molecule has 0 spiro atoms. The van der Waals surface area contributed by atoms with Crippen LogP contribution in [0.5, 0.6) is 0 Å². The van der Waals surface area contributed by atoms with Crippen molar-refractivity contribution in [2.24, 2.45) is 5.84 Å². The molecule has 6 heteroatoms. The summed E-state index contributed by atoms with van der Waals surface area (Å²) in [4.78, 5) is 18.2. The van der Waals surface area contributed by atoms with Gasteiger partial charge in [0.2, 0.25) is 5.91 Å². The maximum Gasteiger partial charge on any atom is 0.248 e. The average Bonchev–Trinajstić information content (AvgIpc) is 2.51. The van der Waals surface area contributed by atoms with Crippen LogP contribution in [0.2, 0.25) is 0 Å². The molecule has 14 heavy (non-hydrogen) atoms. The Morgan fingerprint density at radius 3 is 3.00 bits per heavy atom. The number of nitrogens with zero attached hydrogens (tertiary/aromatic N) is 2. The number of thiazole rings is 1. The normalized spacial score (nSPS) is 10.6. The van der Waals surface area contributed by atoms with E-state index in [4.69, 9.17) is 5.84 Å². The van der Waals surface area contributed by atoms with Gasteiger partial charge in [-0.05, 0) is 14.0 Å². The van der Waals surface area contributed by atoms with Gasteiger partial charge in [0.1, 0.15) is 0 Å². The third-order valence-corrected chi connectivity index (χ3v) is 2.75. The summed E-state index contributed by atoms with van der Waals surface area (Å²) in [5.74, 6) is 4.80. The standard InChI is InChI=1S/C8H14N4OS/c1-6-7(14-5-10-6)3-12(2)4-8(13)11-9/h5H,3-4,9H2,1-2H3,(H,11,13). The van der Waals surface area contributed by atoms with Crippen molar-refractivity contribution < 1.29 is 4.79 Å². The van der Waals surface area contributed by atoms with Crippen molar-refractivity contribution in [1.29, 1.82) is 0 Å². The van der Waals surface area contributed by atoms with Crippen LogP contribution in [-0.4, -0.2) is 29.4 Å². The fourth-order valence-electron chi connectivity index (χ4n) is 1.07. The SMILES string of the molecule is Cc1ncsc1CN(C)CC(=O)NN. The lowest BCUT2D eigenvalue weighted by Crippen LogP contribution is -2.38. The molecule has 1 rings (SSSR count). The minimum absolute atomic E-state index is 0.185. The Labute approximate surface area is 86.9 Å². The number of rotatable bonds is 4. The fraction of sp³-hybridized carbons (Fsp3) is 0.500. The molecule has 3 N–H and O–H groups in total. The van der Waals surface area contributed by atoms with E-state index in [1.165, 1.54) is 4.88 Å². The van der Waals surface area contributed by atoms with E-state index in [2.05, 4.69) is 10.4 Å². The van der Waals surface area contributed by atoms with Crippen molar-refractivity contribution in [3.05, 3.63) is 16.1 Å². The summed E-state index contributed by atoms with van der Waals surface area (Å²) in [6.07, 6.45) is 0. The second-order valence-electron chi connectivity index (χ2n) is 3.10. The van der Waals surface area contributed by atoms with Gasteiger partial charge < -0.3 is 0 Å². The molecule has 1 heterocycles. The van der Waals surface area contributed by atoms with Gasteiger partial charge >= 0.3 is 0 Å². The Morgan fingerprint density at radius 2 is 2.50 bits per heavy atom. The molecule has 78 valence electrons. The first kappa shape index (κ1) is 11.1.